The van der Waals surface area contributed by atoms with Gasteiger partial charge in [-0.15, -0.1) is 0 Å². The lowest BCUT2D eigenvalue weighted by molar-refractivity contribution is -0.0598. The summed E-state index contributed by atoms with van der Waals surface area (Å²) in [7, 11) is 0. The van der Waals surface area contributed by atoms with Crippen molar-refractivity contribution in [3.05, 3.63) is 29.6 Å². The smallest absolute Gasteiger partial charge is 0.255 e. The second-order valence-corrected chi connectivity index (χ2v) is 4.96. The largest absolute Gasteiger partial charge is 0.393 e. The van der Waals surface area contributed by atoms with Gasteiger partial charge in [-0.05, 0) is 31.4 Å². The van der Waals surface area contributed by atoms with E-state index in [1.54, 1.807) is 17.2 Å². The van der Waals surface area contributed by atoms with Crippen molar-refractivity contribution >= 4 is 5.91 Å². The molecule has 2 N–H and O–H groups in total. The predicted octanol–water partition coefficient (Wildman–Crippen LogP) is 0.349. The number of hydrogen-bond donors (Lipinski definition) is 2. The Labute approximate surface area is 106 Å². The van der Waals surface area contributed by atoms with Crippen LogP contribution < -0.4 is 0 Å². The van der Waals surface area contributed by atoms with E-state index < -0.39 is 5.60 Å². The average Bonchev–Trinajstić information content (AvgIpc) is 2.38. The van der Waals surface area contributed by atoms with Crippen LogP contribution in [0.4, 0.5) is 0 Å². The van der Waals surface area contributed by atoms with Crippen LogP contribution in [0.5, 0.6) is 0 Å². The predicted molar refractivity (Wildman–Crippen MR) is 66.1 cm³/mol. The van der Waals surface area contributed by atoms with Crippen LogP contribution in [-0.4, -0.2) is 51.3 Å². The molecule has 5 heteroatoms. The van der Waals surface area contributed by atoms with Gasteiger partial charge in [0.15, 0.2) is 0 Å². The second-order valence-electron chi connectivity index (χ2n) is 4.96. The van der Waals surface area contributed by atoms with Crippen molar-refractivity contribution in [2.24, 2.45) is 0 Å². The van der Waals surface area contributed by atoms with E-state index in [0.717, 1.165) is 5.56 Å². The number of piperidine rings is 1. The number of carbonyl (C=O) groups excluding carboxylic acids is 1. The van der Waals surface area contributed by atoms with Crippen molar-refractivity contribution in [3.8, 4) is 0 Å². The van der Waals surface area contributed by atoms with Gasteiger partial charge >= 0.3 is 0 Å². The van der Waals surface area contributed by atoms with Gasteiger partial charge in [-0.25, -0.2) is 0 Å². The minimum Gasteiger partial charge on any atom is -0.393 e. The van der Waals surface area contributed by atoms with Gasteiger partial charge in [0.2, 0.25) is 0 Å². The lowest BCUT2D eigenvalue weighted by atomic mass is 9.93. The minimum absolute atomic E-state index is 0.141. The van der Waals surface area contributed by atoms with Crippen molar-refractivity contribution in [3.63, 3.8) is 0 Å². The molecule has 0 aromatic carbocycles. The normalized spacial score (nSPS) is 24.1. The fraction of sp³-hybridized carbons (Fsp3) is 0.538. The van der Waals surface area contributed by atoms with Crippen LogP contribution in [0.15, 0.2) is 18.5 Å². The first-order valence-electron chi connectivity index (χ1n) is 6.08. The molecule has 1 aliphatic heterocycles. The maximum atomic E-state index is 12.2. The molecule has 2 heterocycles. The van der Waals surface area contributed by atoms with Crippen molar-refractivity contribution in [1.82, 2.24) is 9.88 Å². The van der Waals surface area contributed by atoms with Gasteiger partial charge in [-0.2, -0.15) is 0 Å². The highest BCUT2D eigenvalue weighted by Gasteiger charge is 2.34. The van der Waals surface area contributed by atoms with Crippen LogP contribution in [0.25, 0.3) is 0 Å². The van der Waals surface area contributed by atoms with Crippen LogP contribution in [-0.2, 0) is 0 Å². The van der Waals surface area contributed by atoms with Gasteiger partial charge in [0.1, 0.15) is 5.60 Å². The molecular weight excluding hydrogens is 232 g/mol. The molecule has 0 saturated carbocycles. The number of aryl methyl sites for hydroxylation is 1. The molecule has 18 heavy (non-hydrogen) atoms. The topological polar surface area (TPSA) is 73.7 Å². The molecule has 1 fully saturated rings. The van der Waals surface area contributed by atoms with Crippen LogP contribution >= 0.6 is 0 Å². The van der Waals surface area contributed by atoms with Crippen molar-refractivity contribution in [2.45, 2.75) is 25.4 Å². The minimum atomic E-state index is -1.16. The van der Waals surface area contributed by atoms with Crippen molar-refractivity contribution < 1.29 is 15.0 Å². The number of likely N-dealkylation sites (tertiary alicyclic amines) is 1. The first kappa shape index (κ1) is 13.0. The molecule has 1 amide bonds. The number of amides is 1. The highest BCUT2D eigenvalue weighted by atomic mass is 16.3. The van der Waals surface area contributed by atoms with Gasteiger partial charge in [-0.1, -0.05) is 0 Å². The van der Waals surface area contributed by atoms with Crippen molar-refractivity contribution in [1.29, 1.82) is 0 Å². The Morgan fingerprint density at radius 2 is 2.33 bits per heavy atom. The molecule has 1 aliphatic rings. The molecule has 0 unspecified atom stereocenters. The fourth-order valence-electron chi connectivity index (χ4n) is 2.27. The Morgan fingerprint density at radius 1 is 1.56 bits per heavy atom. The Kier molecular flexibility index (Phi) is 3.63. The third kappa shape index (κ3) is 2.68. The van der Waals surface area contributed by atoms with E-state index in [4.69, 9.17) is 5.11 Å². The molecule has 0 spiro atoms. The summed E-state index contributed by atoms with van der Waals surface area (Å²) in [5, 5.41) is 19.2. The van der Waals surface area contributed by atoms with Gasteiger partial charge in [0.05, 0.1) is 18.7 Å². The molecule has 98 valence electrons. The summed E-state index contributed by atoms with van der Waals surface area (Å²) >= 11 is 0. The van der Waals surface area contributed by atoms with E-state index in [-0.39, 0.29) is 19.1 Å². The lowest BCUT2D eigenvalue weighted by Gasteiger charge is -2.38. The van der Waals surface area contributed by atoms with Crippen LogP contribution in [0.3, 0.4) is 0 Å². The zero-order chi connectivity index (χ0) is 13.2. The first-order chi connectivity index (χ1) is 8.54. The summed E-state index contributed by atoms with van der Waals surface area (Å²) in [4.78, 5) is 17.8. The molecule has 2 rings (SSSR count). The number of aliphatic hydroxyl groups excluding tert-OH is 1. The molecule has 1 aromatic rings. The monoisotopic (exact) mass is 250 g/mol. The summed E-state index contributed by atoms with van der Waals surface area (Å²) in [5.74, 6) is -0.141. The van der Waals surface area contributed by atoms with Crippen LogP contribution in [0, 0.1) is 6.92 Å². The number of aromatic nitrogens is 1. The number of β-amino-alcohol motifs (C(OH)–C–C–N with tert-alkyl or cyclic N) is 1. The lowest BCUT2D eigenvalue weighted by Crippen LogP contribution is -2.52. The van der Waals surface area contributed by atoms with E-state index >= 15 is 0 Å². The maximum Gasteiger partial charge on any atom is 0.255 e. The number of aliphatic hydroxyl groups is 2. The van der Waals surface area contributed by atoms with E-state index in [1.165, 1.54) is 6.20 Å². The maximum absolute atomic E-state index is 12.2. The Balaban J connectivity index is 2.14. The quantitative estimate of drug-likeness (QED) is 0.794. The third-order valence-electron chi connectivity index (χ3n) is 3.26. The molecular formula is C13H18N2O3. The number of pyridine rings is 1. The fourth-order valence-corrected chi connectivity index (χ4v) is 2.27. The molecule has 0 radical (unpaired) electrons. The highest BCUT2D eigenvalue weighted by Crippen LogP contribution is 2.22. The molecule has 0 aliphatic carbocycles. The number of carbonyl (C=O) groups is 1. The number of rotatable bonds is 2. The summed E-state index contributed by atoms with van der Waals surface area (Å²) < 4.78 is 0. The highest BCUT2D eigenvalue weighted by molar-refractivity contribution is 5.94. The Bertz CT molecular complexity index is 450. The molecule has 1 aromatic heterocycles. The molecule has 1 atom stereocenters. The van der Waals surface area contributed by atoms with Gasteiger partial charge in [0.25, 0.3) is 5.91 Å². The van der Waals surface area contributed by atoms with E-state index in [2.05, 4.69) is 4.98 Å². The summed E-state index contributed by atoms with van der Waals surface area (Å²) in [6, 6.07) is 1.78. The second kappa shape index (κ2) is 5.04. The Morgan fingerprint density at radius 3 is 3.00 bits per heavy atom. The van der Waals surface area contributed by atoms with Crippen LogP contribution in [0.1, 0.15) is 28.8 Å². The van der Waals surface area contributed by atoms with E-state index in [1.807, 2.05) is 6.92 Å². The van der Waals surface area contributed by atoms with E-state index in [9.17, 15) is 9.90 Å². The molecule has 1 saturated heterocycles. The van der Waals surface area contributed by atoms with Gasteiger partial charge in [0, 0.05) is 18.9 Å². The standard InChI is InChI=1S/C13H18N2O3/c1-10-5-11(7-14-6-10)12(17)15-4-2-3-13(18,8-15)9-16/h5-7,16,18H,2-4,8-9H2,1H3/t13-/m0/s1. The zero-order valence-electron chi connectivity index (χ0n) is 10.5. The van der Waals surface area contributed by atoms with Crippen molar-refractivity contribution in [2.75, 3.05) is 19.7 Å². The molecule has 0 bridgehead atoms. The summed E-state index contributed by atoms with van der Waals surface area (Å²) in [5.41, 5.74) is 0.290. The van der Waals surface area contributed by atoms with Gasteiger partial charge < -0.3 is 15.1 Å². The van der Waals surface area contributed by atoms with Crippen LogP contribution in [0.2, 0.25) is 0 Å². The van der Waals surface area contributed by atoms with E-state index in [0.29, 0.717) is 24.9 Å². The number of nitrogens with zero attached hydrogens (tertiary/aromatic N) is 2. The summed E-state index contributed by atoms with van der Waals surface area (Å²) in [6.45, 7) is 2.35. The summed E-state index contributed by atoms with van der Waals surface area (Å²) in [6.07, 6.45) is 4.44. The zero-order valence-corrected chi connectivity index (χ0v) is 10.5. The first-order valence-corrected chi connectivity index (χ1v) is 6.08. The number of hydrogen-bond acceptors (Lipinski definition) is 4. The SMILES string of the molecule is Cc1cncc(C(=O)N2CCC[C@@](O)(CO)C2)c1. The third-order valence-corrected chi connectivity index (χ3v) is 3.26. The molecule has 5 nitrogen and oxygen atoms in total. The Hall–Kier alpha value is -1.46. The average molecular weight is 250 g/mol. The van der Waals surface area contributed by atoms with Gasteiger partial charge in [-0.3, -0.25) is 9.78 Å².